The van der Waals surface area contributed by atoms with E-state index >= 15 is 0 Å². The van der Waals surface area contributed by atoms with Crippen molar-refractivity contribution in [1.29, 1.82) is 0 Å². The Hall–Kier alpha value is -15.2. The Labute approximate surface area is 820 Å². The van der Waals surface area contributed by atoms with Crippen LogP contribution in [0.2, 0.25) is 0 Å². The smallest absolute Gasteiger partial charge is 0.870 e. The summed E-state index contributed by atoms with van der Waals surface area (Å²) < 4.78 is 17.8. The van der Waals surface area contributed by atoms with Gasteiger partial charge in [-0.05, 0) is 170 Å². The molecule has 9 nitrogen and oxygen atoms in total. The molecule has 624 valence electrons. The van der Waals surface area contributed by atoms with Crippen LogP contribution >= 0.6 is 0 Å². The van der Waals surface area contributed by atoms with Crippen molar-refractivity contribution < 1.29 is 44.8 Å². The fourth-order valence-electron chi connectivity index (χ4n) is 14.2. The average molecular weight is 1740 g/mol. The second kappa shape index (κ2) is 47.2. The molecule has 18 rings (SSSR count). The van der Waals surface area contributed by atoms with E-state index in [1.165, 1.54) is 36.4 Å². The normalized spacial score (nSPS) is 11.0. The molecule has 0 bridgehead atoms. The Balaban J connectivity index is 0.000000166. The Morgan fingerprint density at radius 3 is 0.364 bits per heavy atom. The minimum absolute atomic E-state index is 0. The number of rotatable bonds is 24. The average Bonchev–Trinajstić information content (AvgIpc) is 0.816. The van der Waals surface area contributed by atoms with Gasteiger partial charge >= 0.3 is 70.9 Å². The third kappa shape index (κ3) is 26.5. The second-order valence-electron chi connectivity index (χ2n) is 30.5. The molecule has 132 heavy (non-hydrogen) atoms. The molecule has 0 aliphatic heterocycles. The largest absolute Gasteiger partial charge is 2.00 e. The molecule has 0 aromatic heterocycles. The predicted molar refractivity (Wildman–Crippen MR) is 538 cm³/mol. The second-order valence-corrected chi connectivity index (χ2v) is 30.5. The molecule has 0 aliphatic rings. The van der Waals surface area contributed by atoms with Gasteiger partial charge in [0.05, 0.1) is 0 Å². The minimum Gasteiger partial charge on any atom is -0.870 e. The molecule has 0 unspecified atom stereocenters. The van der Waals surface area contributed by atoms with Crippen molar-refractivity contribution in [3.05, 3.63) is 504 Å². The zero-order valence-corrected chi connectivity index (χ0v) is 75.9. The van der Waals surface area contributed by atoms with E-state index in [-0.39, 0.29) is 140 Å². The maximum absolute atomic E-state index is 12.7. The van der Waals surface area contributed by atoms with E-state index < -0.39 is 0 Å². The first-order valence-corrected chi connectivity index (χ1v) is 42.2. The summed E-state index contributed by atoms with van der Waals surface area (Å²) in [5.74, 6) is -1.05. The van der Waals surface area contributed by atoms with E-state index in [1.807, 2.05) is 255 Å². The maximum Gasteiger partial charge on any atom is 2.00 e. The Bertz CT molecular complexity index is 5890. The maximum atomic E-state index is 12.7. The van der Waals surface area contributed by atoms with Gasteiger partial charge in [-0.2, -0.15) is 0 Å². The van der Waals surface area contributed by atoms with Gasteiger partial charge in [0.1, 0.15) is 34.5 Å². The fraction of sp³-hybridized carbons (Fsp3) is 0. The van der Waals surface area contributed by atoms with E-state index in [2.05, 4.69) is 146 Å². The number of hydrogen-bond donors (Lipinski definition) is 0. The molecule has 0 aliphatic carbocycles. The molecular formula is C120H84BeCaMgO9. The molecule has 12 heteroatoms. The molecule has 0 N–H and O–H groups in total. The van der Waals surface area contributed by atoms with Crippen molar-refractivity contribution >= 4 is 144 Å². The number of benzene rings is 18. The van der Waals surface area contributed by atoms with Crippen molar-refractivity contribution in [2.24, 2.45) is 0 Å². The molecule has 0 saturated carbocycles. The zero-order valence-electron chi connectivity index (χ0n) is 72.3. The molecule has 0 heterocycles. The molecule has 18 aromatic rings. The summed E-state index contributed by atoms with van der Waals surface area (Å²) in [6, 6.07) is 139. The summed E-state index contributed by atoms with van der Waals surface area (Å²) in [5.41, 5.74) is 23.8. The van der Waals surface area contributed by atoms with E-state index in [0.717, 1.165) is 134 Å². The van der Waals surface area contributed by atoms with Gasteiger partial charge in [-0.15, -0.1) is 0 Å². The molecule has 0 saturated heterocycles. The van der Waals surface area contributed by atoms with Crippen LogP contribution in [-0.4, -0.2) is 70.9 Å². The predicted octanol–water partition coefficient (Wildman–Crippen LogP) is 26.8. The SMILES string of the molecule is [Be+2].[Ca+2].[Mg+2].[O-]c1ccc(-c2ccc(/C=C/c3ccccc3)cc2)cc1Oc1cc(-c2ccc(/C=C/c3ccccc3)cc2)ccc1[O-].[O-]c1ccc(-c2ccc(/C=C/c3ccccc3)cc2)cc1Oc1cc(-c2ccc(/C=C/c3ccccc3)cc2)ccc1[O-].[O-]c1ccc(-c2ccc(/C=C/c3ccccc3)cc2)cc1Oc1cc(-c2ccc(/C=C/c3ccccc3)cc2)ccc1[O-]. The van der Waals surface area contributed by atoms with Crippen LogP contribution in [0.4, 0.5) is 0 Å². The van der Waals surface area contributed by atoms with Crippen LogP contribution in [0, 0.1) is 0 Å². The first-order valence-electron chi connectivity index (χ1n) is 42.2. The third-order valence-electron chi connectivity index (χ3n) is 21.4. The van der Waals surface area contributed by atoms with Crippen molar-refractivity contribution in [2.75, 3.05) is 0 Å². The third-order valence-corrected chi connectivity index (χ3v) is 21.4. The Kier molecular flexibility index (Phi) is 33.8. The Morgan fingerprint density at radius 2 is 0.242 bits per heavy atom. The van der Waals surface area contributed by atoms with E-state index in [4.69, 9.17) is 14.2 Å². The minimum atomic E-state index is -0.287. The fourth-order valence-corrected chi connectivity index (χ4v) is 14.2. The monoisotopic (exact) mass is 1740 g/mol. The summed E-state index contributed by atoms with van der Waals surface area (Å²) in [7, 11) is 0. The zero-order chi connectivity index (χ0) is 88.3. The first-order chi connectivity index (χ1) is 63.3. The summed E-state index contributed by atoms with van der Waals surface area (Å²) in [4.78, 5) is 0. The van der Waals surface area contributed by atoms with E-state index in [9.17, 15) is 30.6 Å². The molecule has 0 fully saturated rings. The van der Waals surface area contributed by atoms with E-state index in [1.54, 1.807) is 72.8 Å². The number of ether oxygens (including phenoxy) is 3. The summed E-state index contributed by atoms with van der Waals surface area (Å²) in [6.07, 6.45) is 24.8. The van der Waals surface area contributed by atoms with Gasteiger partial charge in [0.25, 0.3) is 0 Å². The topological polar surface area (TPSA) is 166 Å². The van der Waals surface area contributed by atoms with Crippen LogP contribution in [0.5, 0.6) is 69.0 Å². The van der Waals surface area contributed by atoms with Crippen LogP contribution < -0.4 is 44.8 Å². The quantitative estimate of drug-likeness (QED) is 0.0423. The van der Waals surface area contributed by atoms with Gasteiger partial charge in [0.15, 0.2) is 0 Å². The summed E-state index contributed by atoms with van der Waals surface area (Å²) in [6.45, 7) is 0. The van der Waals surface area contributed by atoms with Crippen molar-refractivity contribution in [3.63, 3.8) is 0 Å². The van der Waals surface area contributed by atoms with Gasteiger partial charge in [0.2, 0.25) is 0 Å². The number of hydrogen-bond acceptors (Lipinski definition) is 9. The van der Waals surface area contributed by atoms with Gasteiger partial charge in [-0.1, -0.05) is 508 Å². The van der Waals surface area contributed by atoms with Crippen LogP contribution in [0.1, 0.15) is 66.8 Å². The van der Waals surface area contributed by atoms with Crippen molar-refractivity contribution in [2.45, 2.75) is 0 Å². The van der Waals surface area contributed by atoms with Crippen molar-refractivity contribution in [3.8, 4) is 136 Å². The summed E-state index contributed by atoms with van der Waals surface area (Å²) in [5, 5.41) is 76.2. The Morgan fingerprint density at radius 1 is 0.136 bits per heavy atom. The van der Waals surface area contributed by atoms with Crippen LogP contribution in [-0.2, 0) is 0 Å². The first kappa shape index (κ1) is 94.4. The van der Waals surface area contributed by atoms with Crippen molar-refractivity contribution in [1.82, 2.24) is 0 Å². The van der Waals surface area contributed by atoms with Crippen LogP contribution in [0.25, 0.3) is 140 Å². The molecule has 0 spiro atoms. The van der Waals surface area contributed by atoms with Crippen LogP contribution in [0.3, 0.4) is 0 Å². The van der Waals surface area contributed by atoms with Crippen LogP contribution in [0.15, 0.2) is 437 Å². The molecule has 0 atom stereocenters. The standard InChI is InChI=1S/3C40H30O3.Be.Ca.Mg/c3*41-37-25-23-35(33-19-15-31(16-20-33)13-11-29-7-3-1-4-8-29)27-39(37)43-40-28-36(24-26-38(40)42)34-21-17-32(18-22-34)14-12-30-9-5-2-6-10-30;;;/h3*1-28,41-42H;;;/q;;;3*+2/p-6/b3*13-11+,14-12+;;;. The van der Waals surface area contributed by atoms with Gasteiger partial charge in [-0.3, -0.25) is 0 Å². The molecule has 0 amide bonds. The molecule has 0 radical (unpaired) electrons. The summed E-state index contributed by atoms with van der Waals surface area (Å²) >= 11 is 0. The van der Waals surface area contributed by atoms with Gasteiger partial charge < -0.3 is 44.8 Å². The van der Waals surface area contributed by atoms with Gasteiger partial charge in [0, 0.05) is 0 Å². The van der Waals surface area contributed by atoms with Gasteiger partial charge in [-0.25, -0.2) is 0 Å². The van der Waals surface area contributed by atoms with E-state index in [0.29, 0.717) is 0 Å². The molecular weight excluding hydrogens is 1660 g/mol. The molecule has 18 aromatic carbocycles.